The van der Waals surface area contributed by atoms with E-state index in [-0.39, 0.29) is 0 Å². The van der Waals surface area contributed by atoms with Gasteiger partial charge in [0, 0.05) is 30.2 Å². The Hall–Kier alpha value is -1.08. The van der Waals surface area contributed by atoms with Crippen LogP contribution in [0, 0.1) is 0 Å². The smallest absolute Gasteiger partial charge is 0.313 e. The van der Waals surface area contributed by atoms with Crippen LogP contribution in [-0.2, 0) is 6.42 Å². The van der Waals surface area contributed by atoms with Crippen molar-refractivity contribution in [2.75, 3.05) is 6.54 Å². The minimum absolute atomic E-state index is 0.300. The standard InChI is InChI=1S/C12H16F3N3S/c1-2-3-16-9(7-12(13,14)15)6-10-8-18-4-5-19-11(18)17-10/h4-5,8-9,16H,2-3,6-7H2,1H3. The van der Waals surface area contributed by atoms with Crippen LogP contribution in [0.1, 0.15) is 25.5 Å². The summed E-state index contributed by atoms with van der Waals surface area (Å²) < 4.78 is 39.4. The molecule has 0 radical (unpaired) electrons. The Balaban J connectivity index is 2.03. The van der Waals surface area contributed by atoms with Gasteiger partial charge in [-0.05, 0) is 13.0 Å². The van der Waals surface area contributed by atoms with Gasteiger partial charge in [-0.25, -0.2) is 4.98 Å². The molecule has 0 saturated carbocycles. The summed E-state index contributed by atoms with van der Waals surface area (Å²) in [6.45, 7) is 2.52. The van der Waals surface area contributed by atoms with E-state index in [1.165, 1.54) is 11.3 Å². The summed E-state index contributed by atoms with van der Waals surface area (Å²) in [6.07, 6.45) is -0.210. The fourth-order valence-electron chi connectivity index (χ4n) is 1.97. The van der Waals surface area contributed by atoms with E-state index in [4.69, 9.17) is 0 Å². The predicted molar refractivity (Wildman–Crippen MR) is 69.5 cm³/mol. The number of alkyl halides is 3. The summed E-state index contributed by atoms with van der Waals surface area (Å²) in [5.41, 5.74) is 0.699. The van der Waals surface area contributed by atoms with Crippen LogP contribution < -0.4 is 5.32 Å². The van der Waals surface area contributed by atoms with Gasteiger partial charge in [0.15, 0.2) is 4.96 Å². The summed E-state index contributed by atoms with van der Waals surface area (Å²) >= 11 is 1.48. The molecular formula is C12H16F3N3S. The second-order valence-corrected chi connectivity index (χ2v) is 5.37. The lowest BCUT2D eigenvalue weighted by Gasteiger charge is -2.19. The van der Waals surface area contributed by atoms with Gasteiger partial charge in [0.1, 0.15) is 0 Å². The lowest BCUT2D eigenvalue weighted by molar-refractivity contribution is -0.139. The normalized spacial score (nSPS) is 14.1. The number of aromatic nitrogens is 2. The summed E-state index contributed by atoms with van der Waals surface area (Å²) in [7, 11) is 0. The lowest BCUT2D eigenvalue weighted by atomic mass is 10.1. The van der Waals surface area contributed by atoms with Crippen LogP contribution in [0.25, 0.3) is 4.96 Å². The minimum atomic E-state index is -4.15. The molecule has 0 bridgehead atoms. The van der Waals surface area contributed by atoms with Gasteiger partial charge >= 0.3 is 6.18 Å². The number of thiazole rings is 1. The molecule has 2 aromatic heterocycles. The highest BCUT2D eigenvalue weighted by Gasteiger charge is 2.32. The van der Waals surface area contributed by atoms with E-state index in [9.17, 15) is 13.2 Å². The van der Waals surface area contributed by atoms with Crippen molar-refractivity contribution in [3.8, 4) is 0 Å². The van der Waals surface area contributed by atoms with Crippen molar-refractivity contribution in [2.24, 2.45) is 0 Å². The third-order valence-corrected chi connectivity index (χ3v) is 3.53. The van der Waals surface area contributed by atoms with E-state index >= 15 is 0 Å². The molecule has 2 rings (SSSR count). The fourth-order valence-corrected chi connectivity index (χ4v) is 2.69. The van der Waals surface area contributed by atoms with Crippen molar-refractivity contribution < 1.29 is 13.2 Å². The lowest BCUT2D eigenvalue weighted by Crippen LogP contribution is -2.36. The van der Waals surface area contributed by atoms with Crippen molar-refractivity contribution in [3.63, 3.8) is 0 Å². The fraction of sp³-hybridized carbons (Fsp3) is 0.583. The van der Waals surface area contributed by atoms with Gasteiger partial charge < -0.3 is 5.32 Å². The van der Waals surface area contributed by atoms with Gasteiger partial charge in [-0.15, -0.1) is 11.3 Å². The zero-order chi connectivity index (χ0) is 13.9. The molecule has 106 valence electrons. The Morgan fingerprint density at radius 1 is 1.47 bits per heavy atom. The third-order valence-electron chi connectivity index (χ3n) is 2.76. The molecule has 2 heterocycles. The van der Waals surface area contributed by atoms with Gasteiger partial charge in [0.05, 0.1) is 12.1 Å². The second kappa shape index (κ2) is 5.92. The quantitative estimate of drug-likeness (QED) is 0.885. The molecule has 0 aromatic carbocycles. The molecule has 2 aromatic rings. The van der Waals surface area contributed by atoms with Gasteiger partial charge in [0.2, 0.25) is 0 Å². The average Bonchev–Trinajstić information content (AvgIpc) is 2.84. The largest absolute Gasteiger partial charge is 0.390 e. The highest BCUT2D eigenvalue weighted by atomic mass is 32.1. The SMILES string of the molecule is CCCNC(Cc1cn2ccsc2n1)CC(F)(F)F. The highest BCUT2D eigenvalue weighted by molar-refractivity contribution is 7.15. The number of hydrogen-bond donors (Lipinski definition) is 1. The first-order valence-corrected chi connectivity index (χ1v) is 7.07. The van der Waals surface area contributed by atoms with Crippen LogP contribution in [0.2, 0.25) is 0 Å². The van der Waals surface area contributed by atoms with E-state index in [0.717, 1.165) is 11.4 Å². The Morgan fingerprint density at radius 2 is 2.26 bits per heavy atom. The Morgan fingerprint density at radius 3 is 2.89 bits per heavy atom. The van der Waals surface area contributed by atoms with Gasteiger partial charge in [-0.2, -0.15) is 13.2 Å². The number of imidazole rings is 1. The number of nitrogens with one attached hydrogen (secondary N) is 1. The van der Waals surface area contributed by atoms with Crippen LogP contribution >= 0.6 is 11.3 Å². The topological polar surface area (TPSA) is 29.3 Å². The maximum absolute atomic E-state index is 12.5. The molecule has 1 unspecified atom stereocenters. The zero-order valence-corrected chi connectivity index (χ0v) is 11.4. The summed E-state index contributed by atoms with van der Waals surface area (Å²) in [5.74, 6) is 0. The molecule has 0 spiro atoms. The number of nitrogens with zero attached hydrogens (tertiary/aromatic N) is 2. The molecule has 19 heavy (non-hydrogen) atoms. The Kier molecular flexibility index (Phi) is 4.46. The van der Waals surface area contributed by atoms with Crippen molar-refractivity contribution in [1.29, 1.82) is 0 Å². The van der Waals surface area contributed by atoms with Crippen LogP contribution in [-0.4, -0.2) is 28.1 Å². The van der Waals surface area contributed by atoms with Crippen molar-refractivity contribution in [1.82, 2.24) is 14.7 Å². The van der Waals surface area contributed by atoms with Crippen molar-refractivity contribution in [3.05, 3.63) is 23.5 Å². The first kappa shape index (κ1) is 14.3. The molecule has 0 fully saturated rings. The van der Waals surface area contributed by atoms with E-state index in [1.54, 1.807) is 6.20 Å². The van der Waals surface area contributed by atoms with E-state index in [2.05, 4.69) is 10.3 Å². The molecule has 3 nitrogen and oxygen atoms in total. The van der Waals surface area contributed by atoms with Crippen LogP contribution in [0.5, 0.6) is 0 Å². The first-order chi connectivity index (χ1) is 8.98. The third kappa shape index (κ3) is 4.21. The zero-order valence-electron chi connectivity index (χ0n) is 10.6. The number of fused-ring (bicyclic) bond motifs is 1. The monoisotopic (exact) mass is 291 g/mol. The predicted octanol–water partition coefficient (Wildman–Crippen LogP) is 3.26. The van der Waals surface area contributed by atoms with Crippen molar-refractivity contribution >= 4 is 16.3 Å². The molecule has 0 aliphatic rings. The second-order valence-electron chi connectivity index (χ2n) is 4.50. The summed E-state index contributed by atoms with van der Waals surface area (Å²) in [6, 6.07) is -0.607. The Bertz CT molecular complexity index is 489. The molecule has 0 aliphatic heterocycles. The maximum atomic E-state index is 12.5. The van der Waals surface area contributed by atoms with Crippen LogP contribution in [0.3, 0.4) is 0 Å². The molecule has 7 heteroatoms. The number of hydrogen-bond acceptors (Lipinski definition) is 3. The van der Waals surface area contributed by atoms with Gasteiger partial charge in [0.25, 0.3) is 0 Å². The first-order valence-electron chi connectivity index (χ1n) is 6.19. The van der Waals surface area contributed by atoms with Gasteiger partial charge in [-0.3, -0.25) is 4.40 Å². The molecule has 0 aliphatic carbocycles. The van der Waals surface area contributed by atoms with Crippen LogP contribution in [0.4, 0.5) is 13.2 Å². The molecular weight excluding hydrogens is 275 g/mol. The highest BCUT2D eigenvalue weighted by Crippen LogP contribution is 2.23. The molecule has 1 N–H and O–H groups in total. The molecule has 0 amide bonds. The molecule has 0 saturated heterocycles. The minimum Gasteiger partial charge on any atom is -0.313 e. The van der Waals surface area contributed by atoms with E-state index in [0.29, 0.717) is 18.7 Å². The van der Waals surface area contributed by atoms with E-state index < -0.39 is 18.6 Å². The number of rotatable bonds is 6. The number of halogens is 3. The van der Waals surface area contributed by atoms with Crippen molar-refractivity contribution in [2.45, 2.75) is 38.4 Å². The molecule has 1 atom stereocenters. The van der Waals surface area contributed by atoms with Crippen LogP contribution in [0.15, 0.2) is 17.8 Å². The van der Waals surface area contributed by atoms with E-state index in [1.807, 2.05) is 22.9 Å². The summed E-state index contributed by atoms with van der Waals surface area (Å²) in [5, 5.41) is 4.84. The average molecular weight is 291 g/mol. The Labute approximate surface area is 113 Å². The summed E-state index contributed by atoms with van der Waals surface area (Å²) in [4.78, 5) is 5.14. The van der Waals surface area contributed by atoms with Gasteiger partial charge in [-0.1, -0.05) is 6.92 Å². The maximum Gasteiger partial charge on any atom is 0.390 e.